The SMILES string of the molecule is CCCCN(CC1CCCN1)c1nn(C)cc1[N+](=O)[O-]. The molecule has 1 aliphatic rings. The Kier molecular flexibility index (Phi) is 4.94. The van der Waals surface area contributed by atoms with Gasteiger partial charge in [0.15, 0.2) is 0 Å². The van der Waals surface area contributed by atoms with E-state index in [-0.39, 0.29) is 10.6 Å². The van der Waals surface area contributed by atoms with Gasteiger partial charge in [-0.2, -0.15) is 0 Å². The third-order valence-corrected chi connectivity index (χ3v) is 3.67. The van der Waals surface area contributed by atoms with E-state index in [1.807, 2.05) is 0 Å². The van der Waals surface area contributed by atoms with Gasteiger partial charge in [-0.3, -0.25) is 14.8 Å². The summed E-state index contributed by atoms with van der Waals surface area (Å²) in [5.41, 5.74) is 0.0987. The molecule has 0 radical (unpaired) electrons. The second kappa shape index (κ2) is 6.69. The van der Waals surface area contributed by atoms with Gasteiger partial charge in [0.2, 0.25) is 5.82 Å². The minimum atomic E-state index is -0.344. The summed E-state index contributed by atoms with van der Waals surface area (Å²) in [6.45, 7) is 4.76. The Morgan fingerprint density at radius 3 is 3.05 bits per heavy atom. The van der Waals surface area contributed by atoms with E-state index >= 15 is 0 Å². The maximum atomic E-state index is 11.2. The van der Waals surface area contributed by atoms with E-state index in [1.165, 1.54) is 17.3 Å². The quantitative estimate of drug-likeness (QED) is 0.608. The average molecular weight is 281 g/mol. The van der Waals surface area contributed by atoms with Crippen molar-refractivity contribution < 1.29 is 4.92 Å². The third-order valence-electron chi connectivity index (χ3n) is 3.67. The highest BCUT2D eigenvalue weighted by molar-refractivity contribution is 5.56. The Hall–Kier alpha value is -1.63. The number of nitrogens with zero attached hydrogens (tertiary/aromatic N) is 4. The maximum Gasteiger partial charge on any atom is 0.330 e. The molecule has 1 saturated heterocycles. The van der Waals surface area contributed by atoms with Gasteiger partial charge in [0.1, 0.15) is 6.20 Å². The zero-order valence-electron chi connectivity index (χ0n) is 12.2. The number of unbranched alkanes of at least 4 members (excludes halogenated alkanes) is 1. The molecule has 7 nitrogen and oxygen atoms in total. The number of aryl methyl sites for hydroxylation is 1. The van der Waals surface area contributed by atoms with Crippen molar-refractivity contribution in [1.82, 2.24) is 15.1 Å². The van der Waals surface area contributed by atoms with Crippen molar-refractivity contribution in [3.05, 3.63) is 16.3 Å². The van der Waals surface area contributed by atoms with Gasteiger partial charge in [0.05, 0.1) is 4.92 Å². The highest BCUT2D eigenvalue weighted by atomic mass is 16.6. The summed E-state index contributed by atoms with van der Waals surface area (Å²) in [6, 6.07) is 0.411. The van der Waals surface area contributed by atoms with Crippen molar-refractivity contribution in [2.75, 3.05) is 24.5 Å². The first-order valence-electron chi connectivity index (χ1n) is 7.28. The summed E-state index contributed by atoms with van der Waals surface area (Å²) in [7, 11) is 1.72. The topological polar surface area (TPSA) is 76.2 Å². The second-order valence-corrected chi connectivity index (χ2v) is 5.36. The molecule has 0 saturated carbocycles. The summed E-state index contributed by atoms with van der Waals surface area (Å²) >= 11 is 0. The number of hydrogen-bond acceptors (Lipinski definition) is 5. The van der Waals surface area contributed by atoms with Crippen molar-refractivity contribution in [1.29, 1.82) is 0 Å². The van der Waals surface area contributed by atoms with E-state index in [9.17, 15) is 10.1 Å². The molecule has 1 fully saturated rings. The number of anilines is 1. The number of hydrogen-bond donors (Lipinski definition) is 1. The molecular formula is C13H23N5O2. The Balaban J connectivity index is 2.17. The Labute approximate surface area is 119 Å². The van der Waals surface area contributed by atoms with Gasteiger partial charge < -0.3 is 10.2 Å². The summed E-state index contributed by atoms with van der Waals surface area (Å²) in [4.78, 5) is 12.9. The van der Waals surface area contributed by atoms with Crippen molar-refractivity contribution in [3.63, 3.8) is 0 Å². The van der Waals surface area contributed by atoms with Crippen molar-refractivity contribution in [2.24, 2.45) is 7.05 Å². The fraction of sp³-hybridized carbons (Fsp3) is 0.769. The van der Waals surface area contributed by atoms with Gasteiger partial charge in [-0.15, -0.1) is 5.10 Å². The zero-order valence-corrected chi connectivity index (χ0v) is 12.2. The minimum absolute atomic E-state index is 0.0987. The van der Waals surface area contributed by atoms with Crippen LogP contribution in [0.2, 0.25) is 0 Å². The fourth-order valence-electron chi connectivity index (χ4n) is 2.63. The first-order chi connectivity index (χ1) is 9.61. The summed E-state index contributed by atoms with van der Waals surface area (Å²) < 4.78 is 1.52. The van der Waals surface area contributed by atoms with Crippen LogP contribution in [0.4, 0.5) is 11.5 Å². The van der Waals surface area contributed by atoms with Gasteiger partial charge in [-0.25, -0.2) is 0 Å². The van der Waals surface area contributed by atoms with Gasteiger partial charge >= 0.3 is 5.69 Å². The van der Waals surface area contributed by atoms with Crippen molar-refractivity contribution >= 4 is 11.5 Å². The van der Waals surface area contributed by atoms with Crippen LogP contribution in [-0.2, 0) is 7.05 Å². The molecule has 0 aromatic carbocycles. The molecular weight excluding hydrogens is 258 g/mol. The van der Waals surface area contributed by atoms with Crippen molar-refractivity contribution in [3.8, 4) is 0 Å². The van der Waals surface area contributed by atoms with Crippen LogP contribution in [0.3, 0.4) is 0 Å². The second-order valence-electron chi connectivity index (χ2n) is 5.36. The summed E-state index contributed by atoms with van der Waals surface area (Å²) in [5, 5.41) is 18.9. The molecule has 0 spiro atoms. The van der Waals surface area contributed by atoms with Gasteiger partial charge in [-0.1, -0.05) is 13.3 Å². The van der Waals surface area contributed by atoms with Crippen LogP contribution in [0.1, 0.15) is 32.6 Å². The van der Waals surface area contributed by atoms with Crippen LogP contribution in [0.25, 0.3) is 0 Å². The first kappa shape index (κ1) is 14.8. The lowest BCUT2D eigenvalue weighted by atomic mass is 10.2. The molecule has 0 aliphatic carbocycles. The van der Waals surface area contributed by atoms with Crippen LogP contribution in [0.15, 0.2) is 6.20 Å². The predicted molar refractivity (Wildman–Crippen MR) is 78.0 cm³/mol. The van der Waals surface area contributed by atoms with E-state index < -0.39 is 0 Å². The van der Waals surface area contributed by atoms with Gasteiger partial charge in [0.25, 0.3) is 0 Å². The van der Waals surface area contributed by atoms with Crippen LogP contribution in [0.5, 0.6) is 0 Å². The van der Waals surface area contributed by atoms with E-state index in [1.54, 1.807) is 7.05 Å². The lowest BCUT2D eigenvalue weighted by molar-refractivity contribution is -0.384. The number of nitro groups is 1. The maximum absolute atomic E-state index is 11.2. The molecule has 0 amide bonds. The van der Waals surface area contributed by atoms with Crippen LogP contribution >= 0.6 is 0 Å². The molecule has 1 unspecified atom stereocenters. The molecule has 2 heterocycles. The van der Waals surface area contributed by atoms with Gasteiger partial charge in [-0.05, 0) is 25.8 Å². The molecule has 112 valence electrons. The smallest absolute Gasteiger partial charge is 0.330 e. The highest BCUT2D eigenvalue weighted by Crippen LogP contribution is 2.27. The largest absolute Gasteiger partial charge is 0.348 e. The van der Waals surface area contributed by atoms with E-state index in [2.05, 4.69) is 22.2 Å². The predicted octanol–water partition coefficient (Wildman–Crippen LogP) is 1.69. The fourth-order valence-corrected chi connectivity index (χ4v) is 2.63. The van der Waals surface area contributed by atoms with Gasteiger partial charge in [0, 0.05) is 26.2 Å². The van der Waals surface area contributed by atoms with Crippen LogP contribution in [-0.4, -0.2) is 40.4 Å². The third kappa shape index (κ3) is 3.47. The minimum Gasteiger partial charge on any atom is -0.348 e. The number of aromatic nitrogens is 2. The molecule has 1 aromatic heterocycles. The molecule has 7 heteroatoms. The standard InChI is InChI=1S/C13H23N5O2/c1-3-4-8-17(9-11-6-5-7-14-11)13-12(18(19)20)10-16(2)15-13/h10-11,14H,3-9H2,1-2H3. The molecule has 1 N–H and O–H groups in total. The summed E-state index contributed by atoms with van der Waals surface area (Å²) in [5.74, 6) is 0.500. The lowest BCUT2D eigenvalue weighted by Crippen LogP contribution is -2.38. The Bertz CT molecular complexity index is 454. The van der Waals surface area contributed by atoms with Crippen molar-refractivity contribution in [2.45, 2.75) is 38.6 Å². The Morgan fingerprint density at radius 2 is 2.45 bits per heavy atom. The highest BCUT2D eigenvalue weighted by Gasteiger charge is 2.26. The first-order valence-corrected chi connectivity index (χ1v) is 7.28. The normalized spacial score (nSPS) is 18.4. The lowest BCUT2D eigenvalue weighted by Gasteiger charge is -2.25. The van der Waals surface area contributed by atoms with E-state index in [4.69, 9.17) is 0 Å². The molecule has 1 atom stereocenters. The van der Waals surface area contributed by atoms with E-state index in [0.717, 1.165) is 38.9 Å². The molecule has 20 heavy (non-hydrogen) atoms. The number of nitrogens with one attached hydrogen (secondary N) is 1. The zero-order chi connectivity index (χ0) is 14.5. The molecule has 2 rings (SSSR count). The molecule has 0 bridgehead atoms. The van der Waals surface area contributed by atoms with Crippen LogP contribution in [0, 0.1) is 10.1 Å². The summed E-state index contributed by atoms with van der Waals surface area (Å²) in [6.07, 6.45) is 5.87. The number of rotatable bonds is 7. The Morgan fingerprint density at radius 1 is 1.65 bits per heavy atom. The average Bonchev–Trinajstić information content (AvgIpc) is 3.03. The van der Waals surface area contributed by atoms with E-state index in [0.29, 0.717) is 11.9 Å². The monoisotopic (exact) mass is 281 g/mol. The molecule has 1 aliphatic heterocycles. The van der Waals surface area contributed by atoms with Crippen LogP contribution < -0.4 is 10.2 Å². The molecule has 1 aromatic rings.